The molecular formula is C5H2BrCl2N. The lowest BCUT2D eigenvalue weighted by molar-refractivity contribution is 1.28. The highest BCUT2D eigenvalue weighted by molar-refractivity contribution is 9.10. The molecule has 1 nitrogen and oxygen atoms in total. The third-order valence-electron chi connectivity index (χ3n) is 0.653. The molecular weight excluding hydrogens is 225 g/mol. The highest BCUT2D eigenvalue weighted by Crippen LogP contribution is 2.22. The molecule has 0 saturated heterocycles. The van der Waals surface area contributed by atoms with E-state index < -0.39 is 0 Å². The summed E-state index contributed by atoms with van der Waals surface area (Å²) in [7, 11) is 0. The molecule has 0 fully saturated rings. The number of hydrogen-bond donors (Lipinski definition) is 0. The average molecular weight is 229 g/mol. The molecule has 4 heteroatoms. The van der Waals surface area contributed by atoms with Crippen LogP contribution >= 0.6 is 39.1 Å². The van der Waals surface area contributed by atoms with Gasteiger partial charge in [-0.3, -0.25) is 0 Å². The second kappa shape index (κ2) is 2.86. The highest BCUT2D eigenvalue weighted by atomic mass is 79.9. The summed E-state index contributed by atoms with van der Waals surface area (Å²) in [5.41, 5.74) is 0. The van der Waals surface area contributed by atoms with Gasteiger partial charge in [-0.15, -0.1) is 0 Å². The van der Waals surface area contributed by atoms with Gasteiger partial charge >= 0.3 is 0 Å². The Morgan fingerprint density at radius 2 is 2.33 bits per heavy atom. The first-order chi connectivity index (χ1) is 5.04. The zero-order valence-electron chi connectivity index (χ0n) is 6.08. The molecule has 9 heavy (non-hydrogen) atoms. The van der Waals surface area contributed by atoms with Crippen molar-refractivity contribution in [2.45, 2.75) is 0 Å². The van der Waals surface area contributed by atoms with Gasteiger partial charge < -0.3 is 0 Å². The van der Waals surface area contributed by atoms with Crippen LogP contribution in [-0.2, 0) is 0 Å². The lowest BCUT2D eigenvalue weighted by Crippen LogP contribution is -1.74. The van der Waals surface area contributed by atoms with Crippen LogP contribution in [-0.4, -0.2) is 4.98 Å². The van der Waals surface area contributed by atoms with Crippen molar-refractivity contribution in [1.82, 2.24) is 4.98 Å². The van der Waals surface area contributed by atoms with Crippen LogP contribution in [0.5, 0.6) is 0 Å². The Hall–Kier alpha value is 0.210. The standard InChI is InChI=1S/C5H2BrCl2N/c6-5-4(8)1-3(7)2-9-5/h1-2H/i1D,2D. The minimum atomic E-state index is -0.145. The van der Waals surface area contributed by atoms with Crippen LogP contribution < -0.4 is 0 Å². The number of nitrogens with zero attached hydrogens (tertiary/aromatic N) is 1. The maximum Gasteiger partial charge on any atom is 0.124 e. The Kier molecular flexibility index (Phi) is 1.57. The van der Waals surface area contributed by atoms with Crippen molar-refractivity contribution in [3.63, 3.8) is 0 Å². The monoisotopic (exact) mass is 227 g/mol. The van der Waals surface area contributed by atoms with Gasteiger partial charge in [-0.2, -0.15) is 0 Å². The molecule has 48 valence electrons. The first-order valence-electron chi connectivity index (χ1n) is 3.01. The van der Waals surface area contributed by atoms with E-state index in [1.807, 2.05) is 0 Å². The van der Waals surface area contributed by atoms with Gasteiger partial charge in [0, 0.05) is 6.17 Å². The fourth-order valence-electron chi connectivity index (χ4n) is 0.323. The van der Waals surface area contributed by atoms with Gasteiger partial charge in [0.25, 0.3) is 0 Å². The quantitative estimate of drug-likeness (QED) is 0.622. The summed E-state index contributed by atoms with van der Waals surface area (Å²) in [4.78, 5) is 3.63. The van der Waals surface area contributed by atoms with Gasteiger partial charge in [-0.1, -0.05) is 23.2 Å². The van der Waals surface area contributed by atoms with E-state index in [1.54, 1.807) is 0 Å². The highest BCUT2D eigenvalue weighted by Gasteiger charge is 1.96. The van der Waals surface area contributed by atoms with Crippen LogP contribution in [0.15, 0.2) is 16.8 Å². The van der Waals surface area contributed by atoms with E-state index in [-0.39, 0.29) is 26.9 Å². The Labute approximate surface area is 73.9 Å². The zero-order valence-corrected chi connectivity index (χ0v) is 7.18. The van der Waals surface area contributed by atoms with E-state index in [0.29, 0.717) is 0 Å². The number of aromatic nitrogens is 1. The van der Waals surface area contributed by atoms with E-state index in [2.05, 4.69) is 20.9 Å². The fraction of sp³-hybridized carbons (Fsp3) is 0. The largest absolute Gasteiger partial charge is 0.246 e. The molecule has 1 heterocycles. The number of halogens is 3. The lowest BCUT2D eigenvalue weighted by Gasteiger charge is -1.92. The fourth-order valence-corrected chi connectivity index (χ4v) is 0.833. The van der Waals surface area contributed by atoms with Gasteiger partial charge in [0.2, 0.25) is 0 Å². The van der Waals surface area contributed by atoms with Crippen molar-refractivity contribution < 1.29 is 2.74 Å². The molecule has 1 rings (SSSR count). The number of pyridine rings is 1. The van der Waals surface area contributed by atoms with Crippen molar-refractivity contribution in [1.29, 1.82) is 0 Å². The molecule has 0 aliphatic rings. The molecule has 0 radical (unpaired) electrons. The summed E-state index contributed by atoms with van der Waals surface area (Å²) in [6.45, 7) is 0. The van der Waals surface area contributed by atoms with Crippen molar-refractivity contribution in [2.24, 2.45) is 0 Å². The van der Waals surface area contributed by atoms with Gasteiger partial charge in [0.05, 0.1) is 12.8 Å². The number of hydrogen-bond acceptors (Lipinski definition) is 1. The molecule has 0 unspecified atom stereocenters. The van der Waals surface area contributed by atoms with Crippen LogP contribution in [0.4, 0.5) is 0 Å². The Morgan fingerprint density at radius 1 is 1.67 bits per heavy atom. The van der Waals surface area contributed by atoms with E-state index >= 15 is 0 Å². The van der Waals surface area contributed by atoms with Crippen LogP contribution in [0.3, 0.4) is 0 Å². The van der Waals surface area contributed by atoms with E-state index in [1.165, 1.54) is 0 Å². The molecule has 0 aromatic carbocycles. The molecule has 0 bridgehead atoms. The van der Waals surface area contributed by atoms with E-state index in [9.17, 15) is 0 Å². The molecule has 0 atom stereocenters. The second-order valence-electron chi connectivity index (χ2n) is 1.27. The van der Waals surface area contributed by atoms with Crippen LogP contribution in [0.25, 0.3) is 0 Å². The van der Waals surface area contributed by atoms with Crippen LogP contribution in [0.2, 0.25) is 10.0 Å². The van der Waals surface area contributed by atoms with E-state index in [0.717, 1.165) is 0 Å². The van der Waals surface area contributed by atoms with E-state index in [4.69, 9.17) is 25.9 Å². The summed E-state index contributed by atoms with van der Waals surface area (Å²) in [6, 6.07) is -0.0693. The minimum absolute atomic E-state index is 0.0294. The molecule has 1 aromatic heterocycles. The van der Waals surface area contributed by atoms with Crippen LogP contribution in [0, 0.1) is 0 Å². The molecule has 0 aliphatic carbocycles. The van der Waals surface area contributed by atoms with Crippen molar-refractivity contribution in [2.75, 3.05) is 0 Å². The predicted octanol–water partition coefficient (Wildman–Crippen LogP) is 3.15. The first-order valence-corrected chi connectivity index (χ1v) is 3.56. The molecule has 0 amide bonds. The molecule has 0 saturated carbocycles. The summed E-state index contributed by atoms with van der Waals surface area (Å²) in [5.74, 6) is 0. The van der Waals surface area contributed by atoms with Gasteiger partial charge in [0.1, 0.15) is 4.60 Å². The lowest BCUT2D eigenvalue weighted by atomic mass is 10.5. The Balaban J connectivity index is 3.46. The van der Waals surface area contributed by atoms with Gasteiger partial charge in [-0.25, -0.2) is 4.98 Å². The SMILES string of the molecule is [2H]c1nc(Br)c(Cl)c([2H])c1Cl. The molecule has 1 aromatic rings. The summed E-state index contributed by atoms with van der Waals surface area (Å²) >= 11 is 14.1. The molecule has 0 N–H and O–H groups in total. The third kappa shape index (κ3) is 1.81. The van der Waals surface area contributed by atoms with Gasteiger partial charge in [0.15, 0.2) is 0 Å². The first kappa shape index (κ1) is 4.94. The van der Waals surface area contributed by atoms with Crippen LogP contribution in [0.1, 0.15) is 2.74 Å². The van der Waals surface area contributed by atoms with Crippen molar-refractivity contribution in [3.8, 4) is 0 Å². The van der Waals surface area contributed by atoms with Crippen molar-refractivity contribution >= 4 is 39.1 Å². The molecule has 0 spiro atoms. The van der Waals surface area contributed by atoms with Gasteiger partial charge in [-0.05, 0) is 22.0 Å². The summed E-state index contributed by atoms with van der Waals surface area (Å²) in [6.07, 6.45) is -0.145. The Bertz CT molecular complexity index is 279. The average Bonchev–Trinajstić information content (AvgIpc) is 1.97. The predicted molar refractivity (Wildman–Crippen MR) is 42.0 cm³/mol. The number of rotatable bonds is 0. The third-order valence-corrected chi connectivity index (χ3v) is 1.91. The van der Waals surface area contributed by atoms with Crippen molar-refractivity contribution in [3.05, 3.63) is 26.9 Å². The smallest absolute Gasteiger partial charge is 0.124 e. The summed E-state index contributed by atoms with van der Waals surface area (Å²) < 4.78 is 14.7. The second-order valence-corrected chi connectivity index (χ2v) is 2.77. The maximum atomic E-state index is 7.27. The maximum absolute atomic E-state index is 7.27. The normalized spacial score (nSPS) is 12.8. The zero-order chi connectivity index (χ0) is 8.59. The Morgan fingerprint density at radius 3 is 3.00 bits per heavy atom. The minimum Gasteiger partial charge on any atom is -0.246 e. The topological polar surface area (TPSA) is 12.9 Å². The summed E-state index contributed by atoms with van der Waals surface area (Å²) in [5, 5.41) is 0.101. The molecule has 0 aliphatic heterocycles.